The van der Waals surface area contributed by atoms with Crippen molar-refractivity contribution >= 4 is 34.6 Å². The Morgan fingerprint density at radius 2 is 1.81 bits per heavy atom. The van der Waals surface area contributed by atoms with Gasteiger partial charge in [-0.25, -0.2) is 19.1 Å². The van der Waals surface area contributed by atoms with E-state index < -0.39 is 24.2 Å². The quantitative estimate of drug-likeness (QED) is 0.385. The zero-order chi connectivity index (χ0) is 23.5. The van der Waals surface area contributed by atoms with Gasteiger partial charge in [-0.2, -0.15) is 0 Å². The third kappa shape index (κ3) is 5.05. The summed E-state index contributed by atoms with van der Waals surface area (Å²) >= 11 is 6.09. The summed E-state index contributed by atoms with van der Waals surface area (Å²) < 4.78 is 51.8. The minimum Gasteiger partial charge on any atom is -0.493 e. The fourth-order valence-corrected chi connectivity index (χ4v) is 3.37. The van der Waals surface area contributed by atoms with Crippen LogP contribution in [0.5, 0.6) is 11.5 Å². The second-order valence-corrected chi connectivity index (χ2v) is 6.64. The number of halogens is 4. The van der Waals surface area contributed by atoms with Crippen molar-refractivity contribution in [3.63, 3.8) is 0 Å². The van der Waals surface area contributed by atoms with Gasteiger partial charge in [0.25, 0.3) is 0 Å². The molecule has 0 amide bonds. The van der Waals surface area contributed by atoms with Gasteiger partial charge in [-0.3, -0.25) is 0 Å². The summed E-state index contributed by atoms with van der Waals surface area (Å²) in [6, 6.07) is 6.27. The van der Waals surface area contributed by atoms with Gasteiger partial charge in [0, 0.05) is 18.0 Å². The lowest BCUT2D eigenvalue weighted by Gasteiger charge is -2.11. The van der Waals surface area contributed by atoms with E-state index in [0.29, 0.717) is 10.9 Å². The van der Waals surface area contributed by atoms with E-state index in [1.807, 2.05) is 0 Å². The molecule has 0 fully saturated rings. The van der Waals surface area contributed by atoms with Crippen molar-refractivity contribution in [2.24, 2.45) is 0 Å². The molecule has 12 heteroatoms. The highest BCUT2D eigenvalue weighted by atomic mass is 35.5. The normalized spacial score (nSPS) is 11.4. The Labute approximate surface area is 184 Å². The maximum Gasteiger partial charge on any atom is 0.573 e. The Bertz CT molecular complexity index is 1140. The van der Waals surface area contributed by atoms with E-state index in [1.54, 1.807) is 6.92 Å². The molecule has 1 N–H and O–H groups in total. The number of carbonyl (C=O) groups excluding carboxylic acids is 1. The third-order valence-corrected chi connectivity index (χ3v) is 4.55. The molecule has 32 heavy (non-hydrogen) atoms. The fourth-order valence-electron chi connectivity index (χ4n) is 3.13. The van der Waals surface area contributed by atoms with Gasteiger partial charge in [0.05, 0.1) is 18.7 Å². The van der Waals surface area contributed by atoms with Gasteiger partial charge < -0.3 is 19.3 Å². The van der Waals surface area contributed by atoms with Crippen molar-refractivity contribution in [3.8, 4) is 11.5 Å². The lowest BCUT2D eigenvalue weighted by atomic mass is 10.1. The van der Waals surface area contributed by atoms with Crippen molar-refractivity contribution in [1.82, 2.24) is 9.55 Å². The number of pyridine rings is 1. The average Bonchev–Trinajstić information content (AvgIpc) is 3.04. The predicted molar refractivity (Wildman–Crippen MR) is 106 cm³/mol. The second-order valence-electron chi connectivity index (χ2n) is 6.28. The van der Waals surface area contributed by atoms with Gasteiger partial charge in [0.15, 0.2) is 5.15 Å². The fraction of sp³-hybridized carbons (Fsp3) is 0.250. The minimum atomic E-state index is -4.81. The molecule has 0 unspecified atom stereocenters. The Hall–Kier alpha value is -3.47. The molecule has 3 rings (SSSR count). The van der Waals surface area contributed by atoms with Crippen LogP contribution in [-0.4, -0.2) is 46.3 Å². The van der Waals surface area contributed by atoms with Crippen molar-refractivity contribution in [3.05, 3.63) is 52.9 Å². The highest BCUT2D eigenvalue weighted by molar-refractivity contribution is 6.34. The van der Waals surface area contributed by atoms with Crippen LogP contribution in [0.25, 0.3) is 10.9 Å². The van der Waals surface area contributed by atoms with Crippen LogP contribution in [-0.2, 0) is 11.2 Å². The van der Waals surface area contributed by atoms with Crippen LogP contribution < -0.4 is 9.47 Å². The summed E-state index contributed by atoms with van der Waals surface area (Å²) in [6.45, 7) is 1.58. The summed E-state index contributed by atoms with van der Waals surface area (Å²) in [6.07, 6.45) is -4.80. The van der Waals surface area contributed by atoms with Crippen molar-refractivity contribution in [2.75, 3.05) is 13.2 Å². The first-order valence-corrected chi connectivity index (χ1v) is 9.57. The lowest BCUT2D eigenvalue weighted by molar-refractivity contribution is -0.274. The number of carboxylic acid groups (broad SMARTS) is 1. The monoisotopic (exact) mass is 472 g/mol. The number of carbonyl (C=O) groups is 2. The molecule has 0 saturated carbocycles. The maximum absolute atomic E-state index is 12.5. The van der Waals surface area contributed by atoms with E-state index in [4.69, 9.17) is 21.1 Å². The molecule has 0 atom stereocenters. The summed E-state index contributed by atoms with van der Waals surface area (Å²) in [5, 5.41) is 9.95. The number of hydrogen-bond acceptors (Lipinski definition) is 6. The Kier molecular flexibility index (Phi) is 6.78. The summed E-state index contributed by atoms with van der Waals surface area (Å²) in [4.78, 5) is 28.3. The molecule has 8 nitrogen and oxygen atoms in total. The maximum atomic E-state index is 12.5. The van der Waals surface area contributed by atoms with Crippen LogP contribution in [0.3, 0.4) is 0 Å². The number of benzene rings is 1. The zero-order valence-electron chi connectivity index (χ0n) is 16.5. The molecular formula is C20H16ClF3N2O6. The summed E-state index contributed by atoms with van der Waals surface area (Å²) in [5.74, 6) is -1.01. The minimum absolute atomic E-state index is 0.0221. The van der Waals surface area contributed by atoms with Gasteiger partial charge in [-0.1, -0.05) is 11.6 Å². The number of fused-ring (bicyclic) bond motifs is 1. The van der Waals surface area contributed by atoms with Crippen LogP contribution in [0.2, 0.25) is 5.15 Å². The standard InChI is InChI=1S/C20H16ClF3N2O6/c1-2-30-18(27)16-14(13-7-9-25-17(21)15(13)26(16)19(28)29)8-10-31-11-3-5-12(6-4-11)32-20(22,23)24/h3-7,9H,2,8,10H2,1H3,(H,28,29). The highest BCUT2D eigenvalue weighted by Crippen LogP contribution is 2.32. The van der Waals surface area contributed by atoms with Gasteiger partial charge in [0.2, 0.25) is 0 Å². The molecule has 0 spiro atoms. The van der Waals surface area contributed by atoms with Gasteiger partial charge >= 0.3 is 18.4 Å². The first kappa shape index (κ1) is 23.2. The lowest BCUT2D eigenvalue weighted by Crippen LogP contribution is -2.19. The molecule has 0 aliphatic heterocycles. The number of hydrogen-bond donors (Lipinski definition) is 1. The molecule has 0 aliphatic rings. The van der Waals surface area contributed by atoms with Gasteiger partial charge in [0.1, 0.15) is 17.2 Å². The Balaban J connectivity index is 1.88. The van der Waals surface area contributed by atoms with E-state index in [9.17, 15) is 27.9 Å². The predicted octanol–water partition coefficient (Wildman–Crippen LogP) is 4.91. The molecule has 170 valence electrons. The van der Waals surface area contributed by atoms with E-state index in [1.165, 1.54) is 24.4 Å². The van der Waals surface area contributed by atoms with Crippen LogP contribution in [0.15, 0.2) is 36.5 Å². The molecule has 0 radical (unpaired) electrons. The summed E-state index contributed by atoms with van der Waals surface area (Å²) in [7, 11) is 0. The molecule has 2 heterocycles. The smallest absolute Gasteiger partial charge is 0.493 e. The SMILES string of the molecule is CCOC(=O)c1c(CCOc2ccc(OC(F)(F)F)cc2)c2ccnc(Cl)c2n1C(=O)O. The molecule has 0 aliphatic carbocycles. The number of rotatable bonds is 7. The third-order valence-electron chi connectivity index (χ3n) is 4.28. The summed E-state index contributed by atoms with van der Waals surface area (Å²) in [5.41, 5.74) is 0.136. The van der Waals surface area contributed by atoms with Gasteiger partial charge in [-0.15, -0.1) is 13.2 Å². The van der Waals surface area contributed by atoms with E-state index >= 15 is 0 Å². The molecule has 3 aromatic rings. The molecule has 0 bridgehead atoms. The van der Waals surface area contributed by atoms with Crippen molar-refractivity contribution < 1.29 is 42.1 Å². The first-order chi connectivity index (χ1) is 15.1. The molecule has 0 saturated heterocycles. The topological polar surface area (TPSA) is 99.9 Å². The number of ether oxygens (including phenoxy) is 3. The van der Waals surface area contributed by atoms with Gasteiger partial charge in [-0.05, 0) is 42.8 Å². The molecule has 1 aromatic carbocycles. The number of esters is 1. The zero-order valence-corrected chi connectivity index (χ0v) is 17.2. The second kappa shape index (κ2) is 9.35. The first-order valence-electron chi connectivity index (χ1n) is 9.19. The largest absolute Gasteiger partial charge is 0.573 e. The van der Waals surface area contributed by atoms with E-state index in [2.05, 4.69) is 9.72 Å². The average molecular weight is 473 g/mol. The Morgan fingerprint density at radius 1 is 1.16 bits per heavy atom. The van der Waals surface area contributed by atoms with Crippen molar-refractivity contribution in [2.45, 2.75) is 19.7 Å². The van der Waals surface area contributed by atoms with E-state index in [0.717, 1.165) is 16.7 Å². The van der Waals surface area contributed by atoms with Crippen molar-refractivity contribution in [1.29, 1.82) is 0 Å². The highest BCUT2D eigenvalue weighted by Gasteiger charge is 2.31. The van der Waals surface area contributed by atoms with E-state index in [-0.39, 0.29) is 41.7 Å². The number of aromatic nitrogens is 2. The molecular weight excluding hydrogens is 457 g/mol. The molecule has 2 aromatic heterocycles. The van der Waals surface area contributed by atoms with Crippen LogP contribution in [0.4, 0.5) is 18.0 Å². The number of nitrogens with zero attached hydrogens (tertiary/aromatic N) is 2. The number of alkyl halides is 3. The van der Waals surface area contributed by atoms with Crippen LogP contribution in [0.1, 0.15) is 23.0 Å². The van der Waals surface area contributed by atoms with Crippen LogP contribution in [0, 0.1) is 0 Å². The van der Waals surface area contributed by atoms with Crippen LogP contribution >= 0.6 is 11.6 Å². The Morgan fingerprint density at radius 3 is 2.41 bits per heavy atom.